The maximum Gasteiger partial charge on any atom is 0.270 e. The highest BCUT2D eigenvalue weighted by molar-refractivity contribution is 5.79. The number of rotatable bonds is 4. The fraction of sp³-hybridized carbons (Fsp3) is 0.0667. The van der Waals surface area contributed by atoms with Crippen LogP contribution in [0.3, 0.4) is 0 Å². The van der Waals surface area contributed by atoms with Gasteiger partial charge in [0.2, 0.25) is 0 Å². The summed E-state index contributed by atoms with van der Waals surface area (Å²) in [5.41, 5.74) is 0.395. The molecular weight excluding hydrogens is 330 g/mol. The molecule has 0 aliphatic carbocycles. The molecule has 10 heteroatoms. The van der Waals surface area contributed by atoms with E-state index in [0.717, 1.165) is 0 Å². The van der Waals surface area contributed by atoms with Crippen LogP contribution in [0.4, 0.5) is 5.69 Å². The third kappa shape index (κ3) is 2.65. The third-order valence-electron chi connectivity index (χ3n) is 3.57. The third-order valence-corrected chi connectivity index (χ3v) is 3.57. The first kappa shape index (κ1) is 14.8. The second kappa shape index (κ2) is 5.67. The second-order valence-electron chi connectivity index (χ2n) is 5.16. The predicted octanol–water partition coefficient (Wildman–Crippen LogP) is 2.00. The number of furan rings is 1. The van der Waals surface area contributed by atoms with E-state index >= 15 is 0 Å². The van der Waals surface area contributed by atoms with E-state index in [9.17, 15) is 14.9 Å². The van der Waals surface area contributed by atoms with Crippen molar-refractivity contribution in [1.82, 2.24) is 19.7 Å². The number of aromatic nitrogens is 4. The first-order valence-corrected chi connectivity index (χ1v) is 7.10. The molecule has 0 bridgehead atoms. The molecule has 25 heavy (non-hydrogen) atoms. The van der Waals surface area contributed by atoms with Crippen molar-refractivity contribution in [2.45, 2.75) is 6.54 Å². The smallest absolute Gasteiger partial charge is 0.270 e. The lowest BCUT2D eigenvalue weighted by Crippen LogP contribution is -2.21. The predicted molar refractivity (Wildman–Crippen MR) is 83.8 cm³/mol. The van der Waals surface area contributed by atoms with Crippen LogP contribution in [-0.2, 0) is 6.54 Å². The van der Waals surface area contributed by atoms with Crippen LogP contribution < -0.4 is 5.56 Å². The molecule has 0 fully saturated rings. The standard InChI is InChI=1S/C15H9N5O5/c21-15-11-5-10(20(22)23)1-2-12(11)16-8-19(15)6-13-17-14(25-18-13)9-3-4-24-7-9/h1-5,7-8H,6H2. The molecule has 0 spiro atoms. The van der Waals surface area contributed by atoms with Crippen LogP contribution in [0.5, 0.6) is 0 Å². The van der Waals surface area contributed by atoms with E-state index in [0.29, 0.717) is 11.1 Å². The SMILES string of the molecule is O=c1c2cc([N+](=O)[O-])ccc2ncn1Cc1noc(-c2ccoc2)n1. The lowest BCUT2D eigenvalue weighted by molar-refractivity contribution is -0.384. The minimum absolute atomic E-state index is 0.0197. The van der Waals surface area contributed by atoms with Gasteiger partial charge in [-0.05, 0) is 12.1 Å². The van der Waals surface area contributed by atoms with Gasteiger partial charge in [-0.3, -0.25) is 19.5 Å². The van der Waals surface area contributed by atoms with E-state index in [4.69, 9.17) is 8.94 Å². The molecule has 0 amide bonds. The summed E-state index contributed by atoms with van der Waals surface area (Å²) >= 11 is 0. The Morgan fingerprint density at radius 2 is 2.16 bits per heavy atom. The van der Waals surface area contributed by atoms with Crippen LogP contribution in [0, 0.1) is 10.1 Å². The molecule has 4 rings (SSSR count). The first-order valence-electron chi connectivity index (χ1n) is 7.10. The van der Waals surface area contributed by atoms with Crippen molar-refractivity contribution >= 4 is 16.6 Å². The van der Waals surface area contributed by atoms with Gasteiger partial charge in [0.05, 0.1) is 40.5 Å². The quantitative estimate of drug-likeness (QED) is 0.407. The minimum Gasteiger partial charge on any atom is -0.472 e. The van der Waals surface area contributed by atoms with Crippen molar-refractivity contribution in [3.05, 3.63) is 69.4 Å². The molecule has 124 valence electrons. The minimum atomic E-state index is -0.563. The number of benzene rings is 1. The number of non-ortho nitro benzene ring substituents is 1. The lowest BCUT2D eigenvalue weighted by atomic mass is 10.2. The summed E-state index contributed by atoms with van der Waals surface area (Å²) in [5.74, 6) is 0.533. The Labute approximate surface area is 138 Å². The molecule has 0 N–H and O–H groups in total. The molecule has 4 aromatic rings. The van der Waals surface area contributed by atoms with E-state index in [1.54, 1.807) is 6.07 Å². The van der Waals surface area contributed by atoms with Gasteiger partial charge < -0.3 is 8.94 Å². The topological polar surface area (TPSA) is 130 Å². The van der Waals surface area contributed by atoms with Crippen LogP contribution in [-0.4, -0.2) is 24.6 Å². The molecule has 1 aromatic carbocycles. The summed E-state index contributed by atoms with van der Waals surface area (Å²) < 4.78 is 11.3. The molecule has 0 aliphatic rings. The van der Waals surface area contributed by atoms with Crippen molar-refractivity contribution in [3.63, 3.8) is 0 Å². The zero-order chi connectivity index (χ0) is 17.4. The summed E-state index contributed by atoms with van der Waals surface area (Å²) in [6, 6.07) is 5.61. The highest BCUT2D eigenvalue weighted by atomic mass is 16.6. The highest BCUT2D eigenvalue weighted by Gasteiger charge is 2.14. The highest BCUT2D eigenvalue weighted by Crippen LogP contribution is 2.18. The van der Waals surface area contributed by atoms with E-state index < -0.39 is 10.5 Å². The maximum absolute atomic E-state index is 12.5. The summed E-state index contributed by atoms with van der Waals surface area (Å²) in [4.78, 5) is 31.2. The van der Waals surface area contributed by atoms with Gasteiger partial charge in [0.15, 0.2) is 5.82 Å². The normalized spacial score (nSPS) is 11.0. The van der Waals surface area contributed by atoms with Crippen molar-refractivity contribution in [2.24, 2.45) is 0 Å². The molecule has 3 aromatic heterocycles. The van der Waals surface area contributed by atoms with E-state index in [1.807, 2.05) is 0 Å². The van der Waals surface area contributed by atoms with Crippen LogP contribution in [0.2, 0.25) is 0 Å². The lowest BCUT2D eigenvalue weighted by Gasteiger charge is -2.03. The molecule has 0 saturated heterocycles. The Balaban J connectivity index is 1.71. The van der Waals surface area contributed by atoms with Crippen molar-refractivity contribution in [3.8, 4) is 11.5 Å². The fourth-order valence-corrected chi connectivity index (χ4v) is 2.35. The van der Waals surface area contributed by atoms with Gasteiger partial charge in [-0.15, -0.1) is 0 Å². The zero-order valence-electron chi connectivity index (χ0n) is 12.5. The van der Waals surface area contributed by atoms with Crippen LogP contribution in [0.1, 0.15) is 5.82 Å². The molecule has 0 unspecified atom stereocenters. The molecule has 3 heterocycles. The average molecular weight is 339 g/mol. The molecule has 0 radical (unpaired) electrons. The summed E-state index contributed by atoms with van der Waals surface area (Å²) in [6.45, 7) is 0.0197. The van der Waals surface area contributed by atoms with Gasteiger partial charge in [0, 0.05) is 12.1 Å². The summed E-state index contributed by atoms with van der Waals surface area (Å²) in [7, 11) is 0. The van der Waals surface area contributed by atoms with Gasteiger partial charge in [0.25, 0.3) is 17.1 Å². The number of nitro benzene ring substituents is 1. The van der Waals surface area contributed by atoms with Crippen molar-refractivity contribution < 1.29 is 13.9 Å². The fourth-order valence-electron chi connectivity index (χ4n) is 2.35. The van der Waals surface area contributed by atoms with Crippen LogP contribution in [0.25, 0.3) is 22.4 Å². The Bertz CT molecular complexity index is 1130. The zero-order valence-corrected chi connectivity index (χ0v) is 12.5. The number of hydrogen-bond donors (Lipinski definition) is 0. The van der Waals surface area contributed by atoms with Gasteiger partial charge in [-0.2, -0.15) is 4.98 Å². The molecule has 10 nitrogen and oxygen atoms in total. The number of fused-ring (bicyclic) bond motifs is 1. The second-order valence-corrected chi connectivity index (χ2v) is 5.16. The van der Waals surface area contributed by atoms with Crippen molar-refractivity contribution in [1.29, 1.82) is 0 Å². The Morgan fingerprint density at radius 3 is 2.92 bits per heavy atom. The Kier molecular flexibility index (Phi) is 3.35. The summed E-state index contributed by atoms with van der Waals surface area (Å²) in [6.07, 6.45) is 4.27. The Hall–Kier alpha value is -3.82. The largest absolute Gasteiger partial charge is 0.472 e. The first-order chi connectivity index (χ1) is 12.1. The number of hydrogen-bond acceptors (Lipinski definition) is 8. The number of nitrogens with zero attached hydrogens (tertiary/aromatic N) is 5. The molecule has 0 saturated carbocycles. The van der Waals surface area contributed by atoms with Gasteiger partial charge in [-0.25, -0.2) is 4.98 Å². The van der Waals surface area contributed by atoms with Crippen LogP contribution in [0.15, 0.2) is 56.9 Å². The molecule has 0 atom stereocenters. The maximum atomic E-state index is 12.5. The molecule has 0 aliphatic heterocycles. The van der Waals surface area contributed by atoms with Crippen molar-refractivity contribution in [2.75, 3.05) is 0 Å². The summed E-state index contributed by atoms with van der Waals surface area (Å²) in [5, 5.41) is 14.8. The van der Waals surface area contributed by atoms with Gasteiger partial charge >= 0.3 is 0 Å². The number of nitro groups is 1. The molecular formula is C15H9N5O5. The monoisotopic (exact) mass is 339 g/mol. The van der Waals surface area contributed by atoms with E-state index in [1.165, 1.54) is 41.6 Å². The van der Waals surface area contributed by atoms with E-state index in [-0.39, 0.29) is 29.3 Å². The average Bonchev–Trinajstić information content (AvgIpc) is 3.28. The van der Waals surface area contributed by atoms with Crippen LogP contribution >= 0.6 is 0 Å². The van der Waals surface area contributed by atoms with Gasteiger partial charge in [0.1, 0.15) is 6.26 Å². The van der Waals surface area contributed by atoms with Gasteiger partial charge in [-0.1, -0.05) is 5.16 Å². The van der Waals surface area contributed by atoms with E-state index in [2.05, 4.69) is 15.1 Å². The Morgan fingerprint density at radius 1 is 1.28 bits per heavy atom.